The first-order chi connectivity index (χ1) is 23.1. The van der Waals surface area contributed by atoms with Crippen LogP contribution in [-0.4, -0.2) is 75.8 Å². The smallest absolute Gasteiger partial charge is 0.433 e. The molecule has 0 saturated carbocycles. The fraction of sp³-hybridized carbons (Fsp3) is 0.457. The van der Waals surface area contributed by atoms with Gasteiger partial charge in [-0.05, 0) is 79.2 Å². The molecular weight excluding hydrogens is 625 g/mol. The van der Waals surface area contributed by atoms with E-state index in [-0.39, 0.29) is 30.3 Å². The monoisotopic (exact) mass is 662 g/mol. The van der Waals surface area contributed by atoms with Gasteiger partial charge in [0, 0.05) is 62.9 Å². The van der Waals surface area contributed by atoms with Crippen molar-refractivity contribution in [3.8, 4) is 6.01 Å². The molecule has 10 nitrogen and oxygen atoms in total. The van der Waals surface area contributed by atoms with Crippen LogP contribution >= 0.6 is 0 Å². The predicted octanol–water partition coefficient (Wildman–Crippen LogP) is 4.68. The summed E-state index contributed by atoms with van der Waals surface area (Å²) in [5.74, 6) is -0.421. The van der Waals surface area contributed by atoms with E-state index in [9.17, 15) is 27.6 Å². The number of piperidine rings is 3. The Morgan fingerprint density at radius 1 is 0.896 bits per heavy atom. The Morgan fingerprint density at radius 3 is 2.35 bits per heavy atom. The van der Waals surface area contributed by atoms with E-state index in [1.807, 2.05) is 6.07 Å². The molecule has 5 heterocycles. The average molecular weight is 663 g/mol. The standard InChI is InChI=1S/C35H37F3N6O4/c36-35(37,38)30-9-14-39-34(40-30)48-27-12-17-43(18-13-27)26-4-1-22(2-5-26)20-42-15-10-23(11-16-42)24-3-6-28-25(19-24)21-44(33(28)47)29-7-8-31(45)41-32(29)46/h1-6,9,14,19,23,27,29H,7-8,10-13,15-18,20-21H2,(H,41,45,46). The highest BCUT2D eigenvalue weighted by Gasteiger charge is 2.39. The summed E-state index contributed by atoms with van der Waals surface area (Å²) < 4.78 is 44.6. The second-order valence-corrected chi connectivity index (χ2v) is 13.1. The van der Waals surface area contributed by atoms with Crippen molar-refractivity contribution in [1.29, 1.82) is 0 Å². The lowest BCUT2D eigenvalue weighted by Gasteiger charge is -2.34. The van der Waals surface area contributed by atoms with Gasteiger partial charge in [0.2, 0.25) is 11.8 Å². The summed E-state index contributed by atoms with van der Waals surface area (Å²) in [6, 6.07) is 14.6. The Bertz CT molecular complexity index is 1680. The number of carbonyl (C=O) groups is 3. The number of likely N-dealkylation sites (tertiary alicyclic amines) is 1. The summed E-state index contributed by atoms with van der Waals surface area (Å²) in [5.41, 5.74) is 4.16. The molecule has 13 heteroatoms. The van der Waals surface area contributed by atoms with Crippen molar-refractivity contribution in [3.05, 3.63) is 82.7 Å². The molecule has 0 bridgehead atoms. The number of amides is 3. The van der Waals surface area contributed by atoms with Gasteiger partial charge in [-0.3, -0.25) is 24.6 Å². The number of nitrogens with one attached hydrogen (secondary N) is 1. The van der Waals surface area contributed by atoms with E-state index in [2.05, 4.69) is 61.5 Å². The number of benzene rings is 2. The molecule has 3 amide bonds. The number of nitrogens with zero attached hydrogens (tertiary/aromatic N) is 5. The van der Waals surface area contributed by atoms with Gasteiger partial charge in [-0.2, -0.15) is 18.2 Å². The number of fused-ring (bicyclic) bond motifs is 1. The highest BCUT2D eigenvalue weighted by atomic mass is 19.4. The zero-order valence-electron chi connectivity index (χ0n) is 26.4. The summed E-state index contributed by atoms with van der Waals surface area (Å²) in [7, 11) is 0. The average Bonchev–Trinajstić information content (AvgIpc) is 3.40. The van der Waals surface area contributed by atoms with Crippen molar-refractivity contribution in [2.45, 2.75) is 75.9 Å². The number of anilines is 1. The largest absolute Gasteiger partial charge is 0.460 e. The third kappa shape index (κ3) is 6.87. The minimum absolute atomic E-state index is 0.144. The maximum absolute atomic E-state index is 13.1. The summed E-state index contributed by atoms with van der Waals surface area (Å²) in [5, 5.41) is 2.36. The zero-order valence-corrected chi connectivity index (χ0v) is 26.4. The van der Waals surface area contributed by atoms with Crippen molar-refractivity contribution in [3.63, 3.8) is 0 Å². The maximum atomic E-state index is 13.1. The Balaban J connectivity index is 0.874. The van der Waals surface area contributed by atoms with Crippen LogP contribution in [0.2, 0.25) is 0 Å². The van der Waals surface area contributed by atoms with Crippen molar-refractivity contribution in [1.82, 2.24) is 25.1 Å². The second-order valence-electron chi connectivity index (χ2n) is 13.1. The number of alkyl halides is 3. The van der Waals surface area contributed by atoms with E-state index < -0.39 is 23.8 Å². The van der Waals surface area contributed by atoms with Crippen LogP contribution in [0.4, 0.5) is 18.9 Å². The first-order valence-electron chi connectivity index (χ1n) is 16.5. The topological polar surface area (TPSA) is 108 Å². The summed E-state index contributed by atoms with van der Waals surface area (Å²) in [6.45, 7) is 4.63. The number of hydrogen-bond donors (Lipinski definition) is 1. The molecule has 3 fully saturated rings. The van der Waals surface area contributed by atoms with Gasteiger partial charge >= 0.3 is 12.2 Å². The Morgan fingerprint density at radius 2 is 1.65 bits per heavy atom. The number of rotatable bonds is 7. The molecule has 1 N–H and O–H groups in total. The molecule has 48 heavy (non-hydrogen) atoms. The Hall–Kier alpha value is -4.52. The molecule has 4 aliphatic heterocycles. The van der Waals surface area contributed by atoms with Crippen LogP contribution in [0.3, 0.4) is 0 Å². The van der Waals surface area contributed by atoms with Crippen molar-refractivity contribution < 1.29 is 32.3 Å². The lowest BCUT2D eigenvalue weighted by atomic mass is 9.87. The second kappa shape index (κ2) is 13.2. The van der Waals surface area contributed by atoms with Gasteiger partial charge in [-0.1, -0.05) is 24.3 Å². The van der Waals surface area contributed by atoms with Gasteiger partial charge in [0.1, 0.15) is 12.1 Å². The Labute approximate surface area is 276 Å². The van der Waals surface area contributed by atoms with E-state index in [4.69, 9.17) is 4.74 Å². The first-order valence-corrected chi connectivity index (χ1v) is 16.5. The number of carbonyl (C=O) groups excluding carboxylic acids is 3. The molecule has 0 radical (unpaired) electrons. The number of halogens is 3. The predicted molar refractivity (Wildman–Crippen MR) is 169 cm³/mol. The summed E-state index contributed by atoms with van der Waals surface area (Å²) >= 11 is 0. The van der Waals surface area contributed by atoms with Crippen LogP contribution < -0.4 is 15.0 Å². The van der Waals surface area contributed by atoms with Crippen LogP contribution in [0.5, 0.6) is 6.01 Å². The lowest BCUT2D eigenvalue weighted by Crippen LogP contribution is -2.52. The van der Waals surface area contributed by atoms with Gasteiger partial charge in [0.15, 0.2) is 5.69 Å². The van der Waals surface area contributed by atoms with E-state index in [1.165, 1.54) is 11.1 Å². The molecule has 4 aliphatic rings. The Kier molecular flexibility index (Phi) is 8.80. The fourth-order valence-electron chi connectivity index (χ4n) is 7.28. The number of aromatic nitrogens is 2. The molecular formula is C35H37F3N6O4. The van der Waals surface area contributed by atoms with Crippen molar-refractivity contribution in [2.24, 2.45) is 0 Å². The van der Waals surface area contributed by atoms with Crippen LogP contribution in [0.25, 0.3) is 0 Å². The minimum atomic E-state index is -4.54. The van der Waals surface area contributed by atoms with Crippen LogP contribution in [0.15, 0.2) is 54.7 Å². The normalized spacial score (nSPS) is 21.4. The fourth-order valence-corrected chi connectivity index (χ4v) is 7.28. The third-order valence-corrected chi connectivity index (χ3v) is 9.95. The maximum Gasteiger partial charge on any atom is 0.433 e. The highest BCUT2D eigenvalue weighted by Crippen LogP contribution is 2.34. The number of ether oxygens (including phenoxy) is 1. The third-order valence-electron chi connectivity index (χ3n) is 9.95. The van der Waals surface area contributed by atoms with Crippen LogP contribution in [-0.2, 0) is 28.9 Å². The van der Waals surface area contributed by atoms with Gasteiger partial charge in [-0.25, -0.2) is 4.98 Å². The first kappa shape index (κ1) is 32.0. The van der Waals surface area contributed by atoms with Crippen molar-refractivity contribution >= 4 is 23.4 Å². The van der Waals surface area contributed by atoms with E-state index in [0.29, 0.717) is 37.3 Å². The SMILES string of the molecule is O=C1CCC(N2Cc3cc(C4CCN(Cc5ccc(N6CCC(Oc7nccc(C(F)(F)F)n7)CC6)cc5)CC4)ccc3C2=O)C(=O)N1. The lowest BCUT2D eigenvalue weighted by molar-refractivity contribution is -0.141. The minimum Gasteiger partial charge on any atom is -0.460 e. The quantitative estimate of drug-likeness (QED) is 0.364. The van der Waals surface area contributed by atoms with Crippen LogP contribution in [0.1, 0.15) is 77.2 Å². The zero-order chi connectivity index (χ0) is 33.4. The van der Waals surface area contributed by atoms with E-state index >= 15 is 0 Å². The summed E-state index contributed by atoms with van der Waals surface area (Å²) in [4.78, 5) is 50.7. The molecule has 3 saturated heterocycles. The van der Waals surface area contributed by atoms with Gasteiger partial charge in [-0.15, -0.1) is 0 Å². The highest BCUT2D eigenvalue weighted by molar-refractivity contribution is 6.05. The van der Waals surface area contributed by atoms with Crippen molar-refractivity contribution in [2.75, 3.05) is 31.1 Å². The molecule has 3 aromatic rings. The molecule has 1 aromatic heterocycles. The number of imide groups is 1. The number of hydrogen-bond acceptors (Lipinski definition) is 8. The molecule has 252 valence electrons. The molecule has 0 aliphatic carbocycles. The molecule has 0 spiro atoms. The molecule has 2 aromatic carbocycles. The van der Waals surface area contributed by atoms with E-state index in [0.717, 1.165) is 69.1 Å². The molecule has 7 rings (SSSR count). The van der Waals surface area contributed by atoms with Gasteiger partial charge in [0.25, 0.3) is 5.91 Å². The van der Waals surface area contributed by atoms with Gasteiger partial charge in [0.05, 0.1) is 0 Å². The van der Waals surface area contributed by atoms with Gasteiger partial charge < -0.3 is 14.5 Å². The summed E-state index contributed by atoms with van der Waals surface area (Å²) in [6.07, 6.45) is 0.261. The molecule has 1 atom stereocenters. The van der Waals surface area contributed by atoms with E-state index in [1.54, 1.807) is 4.90 Å². The van der Waals surface area contributed by atoms with Crippen LogP contribution in [0, 0.1) is 0 Å². The molecule has 1 unspecified atom stereocenters.